The topological polar surface area (TPSA) is 45.1 Å². The zero-order chi connectivity index (χ0) is 14.2. The summed E-state index contributed by atoms with van der Waals surface area (Å²) in [5.74, 6) is 1.95. The molecule has 1 aromatic heterocycles. The van der Waals surface area contributed by atoms with Crippen molar-refractivity contribution in [1.29, 1.82) is 0 Å². The molecular formula is C16H23N5. The number of hydrazine groups is 1. The van der Waals surface area contributed by atoms with Crippen LogP contribution >= 0.6 is 0 Å². The average molecular weight is 285 g/mol. The largest absolute Gasteiger partial charge is 0.330 e. The monoisotopic (exact) mass is 285 g/mol. The number of nitrogens with zero attached hydrogens (tertiary/aromatic N) is 3. The van der Waals surface area contributed by atoms with Crippen LogP contribution in [-0.2, 0) is 13.6 Å². The van der Waals surface area contributed by atoms with Gasteiger partial charge in [0.1, 0.15) is 5.82 Å². The van der Waals surface area contributed by atoms with E-state index in [1.165, 1.54) is 37.3 Å². The number of para-hydroxylation sites is 2. The second kappa shape index (κ2) is 5.40. The molecule has 21 heavy (non-hydrogen) atoms. The summed E-state index contributed by atoms with van der Waals surface area (Å²) in [7, 11) is 2.13. The maximum atomic E-state index is 4.79. The van der Waals surface area contributed by atoms with Crippen molar-refractivity contribution < 1.29 is 0 Å². The SMILES string of the molecule is Cn1c(CN2CCC(C3CCNN3)C2)nc2ccccc21. The predicted molar refractivity (Wildman–Crippen MR) is 83.6 cm³/mol. The Hall–Kier alpha value is -1.43. The van der Waals surface area contributed by atoms with Crippen molar-refractivity contribution >= 4 is 11.0 Å². The fourth-order valence-electron chi connectivity index (χ4n) is 3.73. The van der Waals surface area contributed by atoms with E-state index < -0.39 is 0 Å². The molecule has 0 spiro atoms. The Morgan fingerprint density at radius 1 is 1.29 bits per heavy atom. The van der Waals surface area contributed by atoms with Gasteiger partial charge in [-0.05, 0) is 37.4 Å². The number of aryl methyl sites for hydroxylation is 1. The molecular weight excluding hydrogens is 262 g/mol. The van der Waals surface area contributed by atoms with Gasteiger partial charge in [-0.1, -0.05) is 12.1 Å². The van der Waals surface area contributed by atoms with Gasteiger partial charge in [0, 0.05) is 26.2 Å². The molecule has 2 unspecified atom stereocenters. The number of aromatic nitrogens is 2. The van der Waals surface area contributed by atoms with Gasteiger partial charge in [0.15, 0.2) is 0 Å². The summed E-state index contributed by atoms with van der Waals surface area (Å²) in [4.78, 5) is 7.34. The Bertz CT molecular complexity index is 629. The van der Waals surface area contributed by atoms with E-state index in [1.807, 2.05) is 0 Å². The first-order valence-electron chi connectivity index (χ1n) is 7.92. The highest BCUT2D eigenvalue weighted by molar-refractivity contribution is 5.75. The minimum absolute atomic E-state index is 0.649. The Balaban J connectivity index is 1.47. The van der Waals surface area contributed by atoms with Crippen LogP contribution in [0.1, 0.15) is 18.7 Å². The molecule has 2 atom stereocenters. The van der Waals surface area contributed by atoms with Gasteiger partial charge in [-0.2, -0.15) is 0 Å². The number of hydrogen-bond donors (Lipinski definition) is 2. The summed E-state index contributed by atoms with van der Waals surface area (Å²) in [6.45, 7) is 4.43. The summed E-state index contributed by atoms with van der Waals surface area (Å²) >= 11 is 0. The molecule has 0 amide bonds. The number of nitrogens with one attached hydrogen (secondary N) is 2. The van der Waals surface area contributed by atoms with Gasteiger partial charge in [-0.15, -0.1) is 0 Å². The van der Waals surface area contributed by atoms with Crippen LogP contribution in [0.15, 0.2) is 24.3 Å². The first-order chi connectivity index (χ1) is 10.3. The Labute approximate surface area is 125 Å². The molecule has 2 N–H and O–H groups in total. The Morgan fingerprint density at radius 2 is 2.19 bits per heavy atom. The molecule has 2 aliphatic heterocycles. The first-order valence-corrected chi connectivity index (χ1v) is 7.92. The van der Waals surface area contributed by atoms with Crippen molar-refractivity contribution in [2.45, 2.75) is 25.4 Å². The van der Waals surface area contributed by atoms with Crippen molar-refractivity contribution in [1.82, 2.24) is 25.3 Å². The zero-order valence-electron chi connectivity index (χ0n) is 12.5. The minimum Gasteiger partial charge on any atom is -0.330 e. The maximum absolute atomic E-state index is 4.79. The van der Waals surface area contributed by atoms with Crippen LogP contribution in [0.3, 0.4) is 0 Å². The van der Waals surface area contributed by atoms with Gasteiger partial charge in [0.2, 0.25) is 0 Å². The van der Waals surface area contributed by atoms with Crippen LogP contribution in [0.5, 0.6) is 0 Å². The van der Waals surface area contributed by atoms with Gasteiger partial charge in [0.25, 0.3) is 0 Å². The summed E-state index contributed by atoms with van der Waals surface area (Å²) < 4.78 is 2.23. The van der Waals surface area contributed by atoms with Gasteiger partial charge in [-0.3, -0.25) is 15.8 Å². The summed E-state index contributed by atoms with van der Waals surface area (Å²) in [5, 5.41) is 0. The molecule has 5 nitrogen and oxygen atoms in total. The molecule has 1 aromatic carbocycles. The number of hydrogen-bond acceptors (Lipinski definition) is 4. The quantitative estimate of drug-likeness (QED) is 0.891. The van der Waals surface area contributed by atoms with Crippen molar-refractivity contribution in [3.63, 3.8) is 0 Å². The van der Waals surface area contributed by atoms with E-state index in [-0.39, 0.29) is 0 Å². The molecule has 2 aromatic rings. The zero-order valence-corrected chi connectivity index (χ0v) is 12.5. The van der Waals surface area contributed by atoms with Crippen LogP contribution in [0.25, 0.3) is 11.0 Å². The fraction of sp³-hybridized carbons (Fsp3) is 0.562. The first kappa shape index (κ1) is 13.2. The van der Waals surface area contributed by atoms with E-state index in [0.717, 1.165) is 24.5 Å². The molecule has 2 fully saturated rings. The van der Waals surface area contributed by atoms with Crippen molar-refractivity contribution in [3.8, 4) is 0 Å². The van der Waals surface area contributed by atoms with Gasteiger partial charge >= 0.3 is 0 Å². The van der Waals surface area contributed by atoms with E-state index in [4.69, 9.17) is 4.98 Å². The molecule has 0 radical (unpaired) electrons. The summed E-state index contributed by atoms with van der Waals surface area (Å²) in [5.41, 5.74) is 9.00. The standard InChI is InChI=1S/C16H23N5/c1-20-15-5-3-2-4-14(15)18-16(20)11-21-9-7-12(10-21)13-6-8-17-19-13/h2-5,12-13,17,19H,6-11H2,1H3. The maximum Gasteiger partial charge on any atom is 0.123 e. The highest BCUT2D eigenvalue weighted by Gasteiger charge is 2.31. The molecule has 3 heterocycles. The lowest BCUT2D eigenvalue weighted by Crippen LogP contribution is -2.37. The smallest absolute Gasteiger partial charge is 0.123 e. The van der Waals surface area contributed by atoms with E-state index in [1.54, 1.807) is 0 Å². The molecule has 2 aliphatic rings. The molecule has 0 aliphatic carbocycles. The van der Waals surface area contributed by atoms with E-state index in [2.05, 4.69) is 51.6 Å². The number of benzene rings is 1. The lowest BCUT2D eigenvalue weighted by molar-refractivity contribution is 0.289. The third kappa shape index (κ3) is 2.46. The highest BCUT2D eigenvalue weighted by Crippen LogP contribution is 2.24. The third-order valence-corrected chi connectivity index (χ3v) is 4.99. The van der Waals surface area contributed by atoms with Crippen LogP contribution in [-0.4, -0.2) is 40.1 Å². The molecule has 4 rings (SSSR count). The fourth-order valence-corrected chi connectivity index (χ4v) is 3.73. The normalized spacial score (nSPS) is 26.9. The number of likely N-dealkylation sites (tertiary alicyclic amines) is 1. The average Bonchev–Trinajstić information content (AvgIpc) is 3.21. The van der Waals surface area contributed by atoms with Gasteiger partial charge < -0.3 is 4.57 Å². The highest BCUT2D eigenvalue weighted by atomic mass is 15.4. The number of imidazole rings is 1. The van der Waals surface area contributed by atoms with Gasteiger partial charge in [0.05, 0.1) is 17.6 Å². The Morgan fingerprint density at radius 3 is 3.00 bits per heavy atom. The molecule has 2 saturated heterocycles. The summed E-state index contributed by atoms with van der Waals surface area (Å²) in [6, 6.07) is 9.03. The molecule has 0 saturated carbocycles. The van der Waals surface area contributed by atoms with Gasteiger partial charge in [-0.25, -0.2) is 4.98 Å². The van der Waals surface area contributed by atoms with Crippen LogP contribution in [0, 0.1) is 5.92 Å². The van der Waals surface area contributed by atoms with Crippen molar-refractivity contribution in [2.24, 2.45) is 13.0 Å². The van der Waals surface area contributed by atoms with Crippen LogP contribution < -0.4 is 10.9 Å². The van der Waals surface area contributed by atoms with E-state index >= 15 is 0 Å². The lowest BCUT2D eigenvalue weighted by Gasteiger charge is -2.19. The minimum atomic E-state index is 0.649. The lowest BCUT2D eigenvalue weighted by atomic mass is 9.98. The second-order valence-electron chi connectivity index (χ2n) is 6.33. The number of rotatable bonds is 3. The predicted octanol–water partition coefficient (Wildman–Crippen LogP) is 1.26. The van der Waals surface area contributed by atoms with E-state index in [0.29, 0.717) is 6.04 Å². The van der Waals surface area contributed by atoms with Crippen LogP contribution in [0.4, 0.5) is 0 Å². The molecule has 0 bridgehead atoms. The summed E-state index contributed by atoms with van der Waals surface area (Å²) in [6.07, 6.45) is 2.55. The van der Waals surface area contributed by atoms with Crippen molar-refractivity contribution in [2.75, 3.05) is 19.6 Å². The molecule has 112 valence electrons. The Kier molecular flexibility index (Phi) is 3.41. The van der Waals surface area contributed by atoms with Crippen molar-refractivity contribution in [3.05, 3.63) is 30.1 Å². The second-order valence-corrected chi connectivity index (χ2v) is 6.33. The third-order valence-electron chi connectivity index (χ3n) is 4.99. The molecule has 5 heteroatoms. The van der Waals surface area contributed by atoms with Crippen LogP contribution in [0.2, 0.25) is 0 Å². The van der Waals surface area contributed by atoms with E-state index in [9.17, 15) is 0 Å². The number of fused-ring (bicyclic) bond motifs is 1.